The molecule has 2 saturated heterocycles. The SMILES string of the molecule is C=C[C@@H]1C[C@]1(CC(=O)[C@@H]1C[C@@H](Oc2cc(-c3coc(NC(C)C)n3)nc3c(Cl)c(OCCN4CCOCC4)ccc23)CN1C(=O)[C@@H](CC(=O)OC(C)(C)C(F)(F)F)C(C)(C)C)C(=O)O. The van der Waals surface area contributed by atoms with Crippen molar-refractivity contribution in [2.24, 2.45) is 22.7 Å². The number of oxazole rings is 1. The number of ketones is 1. The first-order valence-electron chi connectivity index (χ1n) is 21.4. The van der Waals surface area contributed by atoms with E-state index in [0.29, 0.717) is 68.3 Å². The van der Waals surface area contributed by atoms with Crippen LogP contribution in [0.1, 0.15) is 74.1 Å². The number of rotatable bonds is 18. The Hall–Kier alpha value is -4.94. The van der Waals surface area contributed by atoms with Crippen molar-refractivity contribution in [3.05, 3.63) is 42.1 Å². The molecular formula is C45H57ClF3N5O10. The normalized spacial score (nSPS) is 22.3. The lowest BCUT2D eigenvalue weighted by atomic mass is 9.77. The van der Waals surface area contributed by atoms with Gasteiger partial charge in [0, 0.05) is 50.0 Å². The lowest BCUT2D eigenvalue weighted by molar-refractivity contribution is -0.257. The minimum absolute atomic E-state index is 0.00783. The summed E-state index contributed by atoms with van der Waals surface area (Å²) < 4.78 is 70.0. The van der Waals surface area contributed by atoms with E-state index in [1.54, 1.807) is 39.0 Å². The van der Waals surface area contributed by atoms with Crippen molar-refractivity contribution >= 4 is 52.1 Å². The lowest BCUT2D eigenvalue weighted by Gasteiger charge is -2.35. The molecule has 3 aromatic rings. The fourth-order valence-corrected chi connectivity index (χ4v) is 8.35. The van der Waals surface area contributed by atoms with Gasteiger partial charge in [0.2, 0.25) is 11.5 Å². The highest BCUT2D eigenvalue weighted by Crippen LogP contribution is 2.57. The predicted octanol–water partition coefficient (Wildman–Crippen LogP) is 7.60. The number of nitrogens with zero attached hydrogens (tertiary/aromatic N) is 4. The number of aromatic nitrogens is 2. The molecule has 64 heavy (non-hydrogen) atoms. The van der Waals surface area contributed by atoms with Gasteiger partial charge in [0.1, 0.15) is 41.2 Å². The predicted molar refractivity (Wildman–Crippen MR) is 230 cm³/mol. The highest BCUT2D eigenvalue weighted by atomic mass is 35.5. The molecule has 0 spiro atoms. The smallest absolute Gasteiger partial charge is 0.427 e. The van der Waals surface area contributed by atoms with Gasteiger partial charge in [-0.25, -0.2) is 4.98 Å². The van der Waals surface area contributed by atoms with Crippen LogP contribution < -0.4 is 14.8 Å². The van der Waals surface area contributed by atoms with Crippen LogP contribution in [0.5, 0.6) is 11.5 Å². The Balaban J connectivity index is 1.35. The zero-order valence-corrected chi connectivity index (χ0v) is 37.9. The molecule has 0 radical (unpaired) electrons. The Kier molecular flexibility index (Phi) is 14.3. The summed E-state index contributed by atoms with van der Waals surface area (Å²) in [6.45, 7) is 17.6. The molecule has 2 N–H and O–H groups in total. The average molecular weight is 920 g/mol. The van der Waals surface area contributed by atoms with Crippen molar-refractivity contribution in [2.75, 3.05) is 51.3 Å². The molecule has 0 unspecified atom stereocenters. The molecule has 1 aliphatic carbocycles. The van der Waals surface area contributed by atoms with E-state index in [1.165, 1.54) is 17.2 Å². The third kappa shape index (κ3) is 10.8. The Labute approximate surface area is 375 Å². The Morgan fingerprint density at radius 1 is 1.08 bits per heavy atom. The number of likely N-dealkylation sites (tertiary alicyclic amines) is 1. The lowest BCUT2D eigenvalue weighted by Crippen LogP contribution is -2.49. The van der Waals surface area contributed by atoms with Gasteiger partial charge in [-0.05, 0) is 57.6 Å². The van der Waals surface area contributed by atoms with Crippen molar-refractivity contribution in [3.8, 4) is 22.9 Å². The number of esters is 1. The van der Waals surface area contributed by atoms with E-state index in [0.717, 1.165) is 13.1 Å². The quantitative estimate of drug-likeness (QED) is 0.0940. The van der Waals surface area contributed by atoms with E-state index in [1.807, 2.05) is 13.8 Å². The minimum Gasteiger partial charge on any atom is -0.491 e. The number of halogens is 4. The fourth-order valence-electron chi connectivity index (χ4n) is 8.09. The molecule has 0 bridgehead atoms. The number of alkyl halides is 3. The van der Waals surface area contributed by atoms with Gasteiger partial charge in [0.25, 0.3) is 6.01 Å². The molecule has 2 aromatic heterocycles. The van der Waals surface area contributed by atoms with Crippen molar-refractivity contribution < 1.29 is 60.8 Å². The number of Topliss-reactive ketones (excluding diaryl/α,β-unsaturated/α-hetero) is 1. The van der Waals surface area contributed by atoms with E-state index in [2.05, 4.69) is 21.8 Å². The number of pyridine rings is 1. The number of hydrogen-bond donors (Lipinski definition) is 2. The summed E-state index contributed by atoms with van der Waals surface area (Å²) >= 11 is 7.03. The van der Waals surface area contributed by atoms with E-state index in [4.69, 9.17) is 39.9 Å². The van der Waals surface area contributed by atoms with Crippen LogP contribution in [0.25, 0.3) is 22.3 Å². The van der Waals surface area contributed by atoms with Crippen LogP contribution in [-0.4, -0.2) is 124 Å². The summed E-state index contributed by atoms with van der Waals surface area (Å²) in [5, 5.41) is 14.0. The van der Waals surface area contributed by atoms with Crippen LogP contribution in [0.3, 0.4) is 0 Å². The van der Waals surface area contributed by atoms with Gasteiger partial charge < -0.3 is 38.7 Å². The monoisotopic (exact) mass is 919 g/mol. The molecule has 6 rings (SSSR count). The van der Waals surface area contributed by atoms with E-state index in [-0.39, 0.29) is 42.2 Å². The molecule has 1 saturated carbocycles. The van der Waals surface area contributed by atoms with E-state index in [9.17, 15) is 37.5 Å². The summed E-state index contributed by atoms with van der Waals surface area (Å²) in [5.74, 6) is -4.75. The molecule has 350 valence electrons. The summed E-state index contributed by atoms with van der Waals surface area (Å²) in [4.78, 5) is 67.6. The van der Waals surface area contributed by atoms with E-state index < -0.39 is 83.1 Å². The number of carboxylic acids is 1. The number of nitrogens with one attached hydrogen (secondary N) is 1. The fraction of sp³-hybridized carbons (Fsp3) is 0.600. The topological polar surface area (TPSA) is 183 Å². The zero-order chi connectivity index (χ0) is 46.9. The summed E-state index contributed by atoms with van der Waals surface area (Å²) in [7, 11) is 0. The molecule has 2 aliphatic heterocycles. The van der Waals surface area contributed by atoms with Crippen molar-refractivity contribution in [3.63, 3.8) is 0 Å². The molecule has 1 aromatic carbocycles. The number of carboxylic acid groups (broad SMARTS) is 1. The zero-order valence-electron chi connectivity index (χ0n) is 37.2. The maximum Gasteiger partial charge on any atom is 0.427 e. The maximum absolute atomic E-state index is 14.7. The van der Waals surface area contributed by atoms with Crippen molar-refractivity contribution in [1.82, 2.24) is 19.8 Å². The van der Waals surface area contributed by atoms with Crippen LogP contribution in [0.2, 0.25) is 5.02 Å². The average Bonchev–Trinajstić information content (AvgIpc) is 3.48. The highest BCUT2D eigenvalue weighted by molar-refractivity contribution is 6.36. The number of hydrogen-bond acceptors (Lipinski definition) is 13. The standard InChI is InChI=1S/C45H57ClF3N5O10/c1-9-26-21-44(26,40(58)59)22-33(55)32-18-27(23-54(32)39(57)29(42(4,5)6)19-36(56)64-43(7,8)45(47,48)49)63-35-20-30(31-24-62-41(52-31)50-25(2)3)51-38-28(35)10-11-34(37(38)46)61-17-14-53-12-15-60-16-13-53/h9-11,20,24-27,29,32H,1,12-19,21-23H2,2-8H3,(H,50,52)(H,58,59)/t26-,27-,29-,32+,44-/m1/s1. The second-order valence-corrected chi connectivity index (χ2v) is 19.0. The Morgan fingerprint density at radius 2 is 1.78 bits per heavy atom. The Morgan fingerprint density at radius 3 is 2.39 bits per heavy atom. The summed E-state index contributed by atoms with van der Waals surface area (Å²) in [6, 6.07) is 4.10. The molecule has 19 heteroatoms. The van der Waals surface area contributed by atoms with Crippen molar-refractivity contribution in [2.45, 2.75) is 104 Å². The number of allylic oxidation sites excluding steroid dienone is 1. The summed E-state index contributed by atoms with van der Waals surface area (Å²) in [6.07, 6.45) is -3.88. The number of morpholine rings is 1. The van der Waals surface area contributed by atoms with Crippen LogP contribution in [0, 0.1) is 22.7 Å². The highest BCUT2D eigenvalue weighted by Gasteiger charge is 2.61. The number of fused-ring (bicyclic) bond motifs is 1. The van der Waals surface area contributed by atoms with Gasteiger partial charge in [-0.15, -0.1) is 6.58 Å². The van der Waals surface area contributed by atoms with Gasteiger partial charge in [0.05, 0.1) is 54.8 Å². The number of anilines is 1. The molecular weight excluding hydrogens is 863 g/mol. The minimum atomic E-state index is -4.88. The summed E-state index contributed by atoms with van der Waals surface area (Å²) in [5.41, 5.74) is -4.28. The third-order valence-electron chi connectivity index (χ3n) is 12.1. The molecule has 4 heterocycles. The second kappa shape index (κ2) is 18.9. The third-order valence-corrected chi connectivity index (χ3v) is 12.5. The number of ether oxygens (including phenoxy) is 4. The number of aliphatic carboxylic acids is 1. The Bertz CT molecular complexity index is 2240. The van der Waals surface area contributed by atoms with Crippen LogP contribution in [0.15, 0.2) is 41.5 Å². The van der Waals surface area contributed by atoms with Crippen LogP contribution in [-0.2, 0) is 28.7 Å². The van der Waals surface area contributed by atoms with Crippen molar-refractivity contribution in [1.29, 1.82) is 0 Å². The molecule has 5 atom stereocenters. The number of benzene rings is 1. The number of carbonyl (C=O) groups is 4. The molecule has 1 amide bonds. The maximum atomic E-state index is 14.7. The van der Waals surface area contributed by atoms with Gasteiger partial charge in [-0.3, -0.25) is 24.1 Å². The first kappa shape index (κ1) is 48.5. The number of amides is 1. The molecule has 3 fully saturated rings. The van der Waals surface area contributed by atoms with Gasteiger partial charge in [-0.2, -0.15) is 18.2 Å². The van der Waals surface area contributed by atoms with E-state index >= 15 is 0 Å². The van der Waals surface area contributed by atoms with Crippen LogP contribution in [0.4, 0.5) is 19.2 Å². The molecule has 15 nitrogen and oxygen atoms in total. The second-order valence-electron chi connectivity index (χ2n) is 18.7. The van der Waals surface area contributed by atoms with Gasteiger partial charge in [0.15, 0.2) is 5.78 Å². The first-order valence-corrected chi connectivity index (χ1v) is 21.7. The van der Waals surface area contributed by atoms with Gasteiger partial charge >= 0.3 is 18.1 Å². The number of carbonyl (C=O) groups excluding carboxylic acids is 3. The largest absolute Gasteiger partial charge is 0.491 e. The first-order chi connectivity index (χ1) is 29.9. The molecule has 3 aliphatic rings. The van der Waals surface area contributed by atoms with Gasteiger partial charge in [-0.1, -0.05) is 38.4 Å². The van der Waals surface area contributed by atoms with Crippen LogP contribution >= 0.6 is 11.6 Å².